The summed E-state index contributed by atoms with van der Waals surface area (Å²) < 4.78 is 7.56. The van der Waals surface area contributed by atoms with E-state index in [1.807, 2.05) is 48.5 Å². The normalized spacial score (nSPS) is 13.3. The molecule has 4 aromatic rings. The van der Waals surface area contributed by atoms with Gasteiger partial charge in [-0.05, 0) is 30.5 Å². The first-order valence-electron chi connectivity index (χ1n) is 10.2. The van der Waals surface area contributed by atoms with Gasteiger partial charge >= 0.3 is 0 Å². The number of rotatable bonds is 8. The Balaban J connectivity index is 1.35. The summed E-state index contributed by atoms with van der Waals surface area (Å²) in [5.74, 6) is 1.61. The molecule has 1 aliphatic carbocycles. The molecule has 156 valence electrons. The average molecular weight is 432 g/mol. The second-order valence-electron chi connectivity index (χ2n) is 7.40. The van der Waals surface area contributed by atoms with E-state index in [1.54, 1.807) is 0 Å². The van der Waals surface area contributed by atoms with Crippen molar-refractivity contribution in [1.82, 2.24) is 25.1 Å². The van der Waals surface area contributed by atoms with Crippen LogP contribution < -0.4 is 5.32 Å². The highest BCUT2D eigenvalue weighted by Gasteiger charge is 2.25. The van der Waals surface area contributed by atoms with Gasteiger partial charge in [-0.3, -0.25) is 9.36 Å². The Morgan fingerprint density at radius 1 is 1.06 bits per heavy atom. The molecule has 2 aromatic carbocycles. The van der Waals surface area contributed by atoms with Crippen LogP contribution in [0.3, 0.4) is 0 Å². The highest BCUT2D eigenvalue weighted by molar-refractivity contribution is 7.98. The molecule has 2 heterocycles. The van der Waals surface area contributed by atoms with Crippen LogP contribution in [-0.4, -0.2) is 31.7 Å². The largest absolute Gasteiger partial charge is 0.447 e. The maximum Gasteiger partial charge on any atom is 0.273 e. The number of carbonyl (C=O) groups excluding carboxylic acids is 1. The van der Waals surface area contributed by atoms with E-state index in [9.17, 15) is 4.79 Å². The number of thioether (sulfide) groups is 1. The number of nitrogens with zero attached hydrogens (tertiary/aromatic N) is 4. The van der Waals surface area contributed by atoms with Gasteiger partial charge in [0.15, 0.2) is 10.9 Å². The van der Waals surface area contributed by atoms with E-state index in [0.717, 1.165) is 29.5 Å². The predicted octanol–water partition coefficient (Wildman–Crippen LogP) is 4.03. The van der Waals surface area contributed by atoms with Crippen LogP contribution in [0, 0.1) is 0 Å². The predicted molar refractivity (Wildman–Crippen MR) is 117 cm³/mol. The van der Waals surface area contributed by atoms with Gasteiger partial charge in [-0.1, -0.05) is 60.3 Å². The number of amides is 1. The molecule has 1 saturated carbocycles. The van der Waals surface area contributed by atoms with E-state index in [0.29, 0.717) is 23.8 Å². The summed E-state index contributed by atoms with van der Waals surface area (Å²) in [6.07, 6.45) is 4.16. The van der Waals surface area contributed by atoms with Crippen molar-refractivity contribution in [3.05, 3.63) is 89.9 Å². The lowest BCUT2D eigenvalue weighted by Gasteiger charge is -2.10. The summed E-state index contributed by atoms with van der Waals surface area (Å²) in [6, 6.07) is 20.5. The molecule has 1 aliphatic rings. The first-order chi connectivity index (χ1) is 15.3. The van der Waals surface area contributed by atoms with Gasteiger partial charge in [0.2, 0.25) is 5.89 Å². The van der Waals surface area contributed by atoms with Crippen LogP contribution in [0.1, 0.15) is 40.6 Å². The minimum absolute atomic E-state index is 0.180. The van der Waals surface area contributed by atoms with Crippen LogP contribution >= 0.6 is 11.8 Å². The Kier molecular flexibility index (Phi) is 5.54. The molecule has 8 heteroatoms. The van der Waals surface area contributed by atoms with E-state index in [1.165, 1.54) is 23.6 Å². The molecule has 0 unspecified atom stereocenters. The lowest BCUT2D eigenvalue weighted by atomic mass is 10.1. The SMILES string of the molecule is O=C(NC1CC1)c1coc(CSc2nnc(Cc3ccccc3)n2-c2ccccc2)n1. The van der Waals surface area contributed by atoms with Crippen molar-refractivity contribution in [2.75, 3.05) is 0 Å². The molecule has 2 aromatic heterocycles. The van der Waals surface area contributed by atoms with Crippen LogP contribution in [-0.2, 0) is 12.2 Å². The number of hydrogen-bond acceptors (Lipinski definition) is 6. The summed E-state index contributed by atoms with van der Waals surface area (Å²) in [7, 11) is 0. The number of hydrogen-bond donors (Lipinski definition) is 1. The minimum Gasteiger partial charge on any atom is -0.447 e. The number of aromatic nitrogens is 4. The summed E-state index contributed by atoms with van der Waals surface area (Å²) in [4.78, 5) is 16.5. The third-order valence-corrected chi connectivity index (χ3v) is 5.86. The maximum atomic E-state index is 12.1. The molecule has 1 amide bonds. The number of nitrogens with one attached hydrogen (secondary N) is 1. The topological polar surface area (TPSA) is 85.8 Å². The molecule has 0 spiro atoms. The molecule has 0 aliphatic heterocycles. The lowest BCUT2D eigenvalue weighted by molar-refractivity contribution is 0.0946. The fourth-order valence-corrected chi connectivity index (χ4v) is 4.04. The van der Waals surface area contributed by atoms with Gasteiger partial charge in [-0.25, -0.2) is 4.98 Å². The zero-order chi connectivity index (χ0) is 21.0. The second-order valence-corrected chi connectivity index (χ2v) is 8.34. The first-order valence-corrected chi connectivity index (χ1v) is 11.2. The van der Waals surface area contributed by atoms with Gasteiger partial charge in [0.1, 0.15) is 12.1 Å². The van der Waals surface area contributed by atoms with Crippen LogP contribution in [0.2, 0.25) is 0 Å². The molecule has 0 atom stereocenters. The van der Waals surface area contributed by atoms with Crippen molar-refractivity contribution >= 4 is 17.7 Å². The van der Waals surface area contributed by atoms with E-state index < -0.39 is 0 Å². The molecule has 7 nitrogen and oxygen atoms in total. The van der Waals surface area contributed by atoms with Gasteiger partial charge in [0, 0.05) is 18.2 Å². The molecule has 0 bridgehead atoms. The van der Waals surface area contributed by atoms with Gasteiger partial charge in [0.25, 0.3) is 5.91 Å². The second kappa shape index (κ2) is 8.77. The van der Waals surface area contributed by atoms with Gasteiger partial charge < -0.3 is 9.73 Å². The number of oxazole rings is 1. The summed E-state index contributed by atoms with van der Waals surface area (Å²) in [5, 5.41) is 12.5. The number of carbonyl (C=O) groups is 1. The van der Waals surface area contributed by atoms with Gasteiger partial charge in [-0.2, -0.15) is 0 Å². The Hall–Kier alpha value is -3.39. The number of benzene rings is 2. The molecular formula is C23H21N5O2S. The fourth-order valence-electron chi connectivity index (χ4n) is 3.22. The van der Waals surface area contributed by atoms with Gasteiger partial charge in [-0.15, -0.1) is 10.2 Å². The monoisotopic (exact) mass is 431 g/mol. The first kappa shape index (κ1) is 19.6. The average Bonchev–Trinajstić information content (AvgIpc) is 3.33. The van der Waals surface area contributed by atoms with Crippen LogP contribution in [0.15, 0.2) is 76.5 Å². The number of para-hydroxylation sites is 1. The van der Waals surface area contributed by atoms with E-state index >= 15 is 0 Å². The zero-order valence-corrected chi connectivity index (χ0v) is 17.6. The van der Waals surface area contributed by atoms with Crippen molar-refractivity contribution in [1.29, 1.82) is 0 Å². The molecule has 5 rings (SSSR count). The Morgan fingerprint density at radius 2 is 1.81 bits per heavy atom. The van der Waals surface area contributed by atoms with Gasteiger partial charge in [0.05, 0.1) is 5.75 Å². The Morgan fingerprint density at radius 3 is 2.55 bits per heavy atom. The molecule has 31 heavy (non-hydrogen) atoms. The van der Waals surface area contributed by atoms with Crippen molar-refractivity contribution in [2.24, 2.45) is 0 Å². The van der Waals surface area contributed by atoms with Crippen molar-refractivity contribution in [3.63, 3.8) is 0 Å². The Labute approximate surface area is 183 Å². The van der Waals surface area contributed by atoms with Crippen molar-refractivity contribution < 1.29 is 9.21 Å². The van der Waals surface area contributed by atoms with E-state index in [2.05, 4.69) is 37.2 Å². The quantitative estimate of drug-likeness (QED) is 0.424. The highest BCUT2D eigenvalue weighted by Crippen LogP contribution is 2.26. The minimum atomic E-state index is -0.180. The maximum absolute atomic E-state index is 12.1. The van der Waals surface area contributed by atoms with E-state index in [4.69, 9.17) is 4.42 Å². The standard InChI is InChI=1S/C23H21N5O2S/c29-22(24-17-11-12-17)19-14-30-21(25-19)15-31-23-27-26-20(13-16-7-3-1-4-8-16)28(23)18-9-5-2-6-10-18/h1-10,14,17H,11-13,15H2,(H,24,29). The van der Waals surface area contributed by atoms with Crippen LogP contribution in [0.25, 0.3) is 5.69 Å². The molecule has 0 saturated heterocycles. The molecular weight excluding hydrogens is 410 g/mol. The summed E-state index contributed by atoms with van der Waals surface area (Å²) >= 11 is 1.48. The molecule has 1 N–H and O–H groups in total. The van der Waals surface area contributed by atoms with E-state index in [-0.39, 0.29) is 11.9 Å². The fraction of sp³-hybridized carbons (Fsp3) is 0.217. The third kappa shape index (κ3) is 4.69. The Bertz CT molecular complexity index is 1170. The van der Waals surface area contributed by atoms with Crippen LogP contribution in [0.5, 0.6) is 0 Å². The van der Waals surface area contributed by atoms with Crippen molar-refractivity contribution in [3.8, 4) is 5.69 Å². The highest BCUT2D eigenvalue weighted by atomic mass is 32.2. The molecule has 0 radical (unpaired) electrons. The third-order valence-electron chi connectivity index (χ3n) is 4.94. The van der Waals surface area contributed by atoms with Crippen LogP contribution in [0.4, 0.5) is 0 Å². The van der Waals surface area contributed by atoms with Crippen molar-refractivity contribution in [2.45, 2.75) is 36.2 Å². The summed E-state index contributed by atoms with van der Waals surface area (Å²) in [5.41, 5.74) is 2.48. The molecule has 1 fully saturated rings. The summed E-state index contributed by atoms with van der Waals surface area (Å²) in [6.45, 7) is 0. The zero-order valence-electron chi connectivity index (χ0n) is 16.8. The smallest absolute Gasteiger partial charge is 0.273 e. The lowest BCUT2D eigenvalue weighted by Crippen LogP contribution is -2.25.